The van der Waals surface area contributed by atoms with Crippen molar-refractivity contribution in [2.75, 3.05) is 13.1 Å². The molecule has 0 radical (unpaired) electrons. The molecule has 6 heteroatoms. The molecule has 5 nitrogen and oxygen atoms in total. The fourth-order valence-electron chi connectivity index (χ4n) is 2.91. The second kappa shape index (κ2) is 5.81. The summed E-state index contributed by atoms with van der Waals surface area (Å²) in [6, 6.07) is 7.06. The van der Waals surface area contributed by atoms with Gasteiger partial charge >= 0.3 is 5.97 Å². The van der Waals surface area contributed by atoms with E-state index in [4.69, 9.17) is 9.94 Å². The Bertz CT molecular complexity index is 508. The highest BCUT2D eigenvalue weighted by Crippen LogP contribution is 2.40. The Kier molecular flexibility index (Phi) is 4.30. The van der Waals surface area contributed by atoms with Gasteiger partial charge in [-0.3, -0.25) is 0 Å². The van der Waals surface area contributed by atoms with Crippen LogP contribution in [0.3, 0.4) is 0 Å². The predicted octanol–water partition coefficient (Wildman–Crippen LogP) is 2.03. The number of carboxylic acid groups (broad SMARTS) is 1. The van der Waals surface area contributed by atoms with Gasteiger partial charge in [0.1, 0.15) is 0 Å². The molecule has 2 atom stereocenters. The summed E-state index contributed by atoms with van der Waals surface area (Å²) in [5.74, 6) is -0.699. The molecule has 1 spiro atoms. The summed E-state index contributed by atoms with van der Waals surface area (Å²) >= 11 is 0. The summed E-state index contributed by atoms with van der Waals surface area (Å²) < 4.78 is 0. The van der Waals surface area contributed by atoms with Crippen LogP contribution in [0.15, 0.2) is 29.4 Å². The summed E-state index contributed by atoms with van der Waals surface area (Å²) in [6.07, 6.45) is 3.56. The Hall–Kier alpha value is -1.59. The third kappa shape index (κ3) is 2.51. The van der Waals surface area contributed by atoms with Crippen molar-refractivity contribution in [3.05, 3.63) is 35.4 Å². The number of nitrogens with zero attached hydrogens (tertiary/aromatic N) is 1. The first-order valence-corrected chi connectivity index (χ1v) is 6.45. The average Bonchev–Trinajstić information content (AvgIpc) is 2.88. The van der Waals surface area contributed by atoms with Gasteiger partial charge in [0.25, 0.3) is 0 Å². The zero-order chi connectivity index (χ0) is 13.3. The van der Waals surface area contributed by atoms with Gasteiger partial charge in [-0.25, -0.2) is 4.79 Å². The van der Waals surface area contributed by atoms with Gasteiger partial charge in [-0.05, 0) is 24.2 Å². The van der Waals surface area contributed by atoms with Crippen LogP contribution < -0.4 is 5.32 Å². The smallest absolute Gasteiger partial charge is 0.335 e. The first kappa shape index (κ1) is 14.8. The number of benzene rings is 1. The van der Waals surface area contributed by atoms with E-state index in [1.807, 2.05) is 18.3 Å². The molecule has 2 unspecified atom stereocenters. The van der Waals surface area contributed by atoms with Crippen LogP contribution in [0.25, 0.3) is 0 Å². The molecule has 2 N–H and O–H groups in total. The normalized spacial score (nSPS) is 27.9. The quantitative estimate of drug-likeness (QED) is 0.876. The van der Waals surface area contributed by atoms with Crippen molar-refractivity contribution in [2.45, 2.75) is 24.4 Å². The van der Waals surface area contributed by atoms with Gasteiger partial charge in [-0.15, -0.1) is 12.4 Å². The number of carboxylic acids is 1. The number of nitrogens with one attached hydrogen (secondary N) is 1. The van der Waals surface area contributed by atoms with E-state index >= 15 is 0 Å². The van der Waals surface area contributed by atoms with E-state index in [1.54, 1.807) is 12.1 Å². The number of piperidine rings is 1. The van der Waals surface area contributed by atoms with Crippen LogP contribution in [0.1, 0.15) is 34.7 Å². The van der Waals surface area contributed by atoms with Crippen LogP contribution in [-0.4, -0.2) is 36.0 Å². The second-order valence-electron chi connectivity index (χ2n) is 5.08. The van der Waals surface area contributed by atoms with Crippen LogP contribution in [0.4, 0.5) is 0 Å². The monoisotopic (exact) mass is 296 g/mol. The van der Waals surface area contributed by atoms with Crippen molar-refractivity contribution in [2.24, 2.45) is 5.16 Å². The third-order valence-electron chi connectivity index (χ3n) is 4.01. The van der Waals surface area contributed by atoms with Crippen LogP contribution in [0, 0.1) is 0 Å². The maximum atomic E-state index is 10.9. The lowest BCUT2D eigenvalue weighted by atomic mass is 9.76. The SMILES string of the molecule is Cl.O=C(O)c1ccc(C2CNCCC23CC=NO3)cc1. The molecule has 0 aromatic heterocycles. The van der Waals surface area contributed by atoms with Crippen LogP contribution in [0.2, 0.25) is 0 Å². The number of oxime groups is 1. The standard InChI is InChI=1S/C14H16N2O3.ClH/c17-13(18)11-3-1-10(2-4-11)12-9-15-7-5-14(12)6-8-16-19-14;/h1-4,8,12,15H,5-7,9H2,(H,17,18);1H. The summed E-state index contributed by atoms with van der Waals surface area (Å²) in [4.78, 5) is 16.5. The predicted molar refractivity (Wildman–Crippen MR) is 77.8 cm³/mol. The van der Waals surface area contributed by atoms with E-state index in [0.29, 0.717) is 5.56 Å². The molecule has 20 heavy (non-hydrogen) atoms. The molecular weight excluding hydrogens is 280 g/mol. The minimum absolute atomic E-state index is 0. The molecule has 1 aromatic carbocycles. The lowest BCUT2D eigenvalue weighted by Gasteiger charge is -2.39. The van der Waals surface area contributed by atoms with Crippen molar-refractivity contribution in [3.63, 3.8) is 0 Å². The van der Waals surface area contributed by atoms with E-state index in [-0.39, 0.29) is 23.9 Å². The molecule has 2 heterocycles. The largest absolute Gasteiger partial charge is 0.478 e. The zero-order valence-corrected chi connectivity index (χ0v) is 11.7. The number of aromatic carboxylic acids is 1. The second-order valence-corrected chi connectivity index (χ2v) is 5.08. The van der Waals surface area contributed by atoms with Gasteiger partial charge in [0.05, 0.1) is 5.56 Å². The first-order valence-electron chi connectivity index (χ1n) is 6.45. The molecule has 0 saturated carbocycles. The summed E-state index contributed by atoms with van der Waals surface area (Å²) in [6.45, 7) is 1.75. The molecule has 1 saturated heterocycles. The van der Waals surface area contributed by atoms with Crippen molar-refractivity contribution < 1.29 is 14.7 Å². The number of hydrogen-bond donors (Lipinski definition) is 2. The Morgan fingerprint density at radius 2 is 2.15 bits per heavy atom. The number of rotatable bonds is 2. The van der Waals surface area contributed by atoms with E-state index in [9.17, 15) is 4.79 Å². The average molecular weight is 297 g/mol. The lowest BCUT2D eigenvalue weighted by molar-refractivity contribution is -0.0561. The maximum absolute atomic E-state index is 10.9. The summed E-state index contributed by atoms with van der Waals surface area (Å²) in [5.41, 5.74) is 1.16. The number of carbonyl (C=O) groups is 1. The van der Waals surface area contributed by atoms with Crippen LogP contribution in [-0.2, 0) is 4.84 Å². The minimum Gasteiger partial charge on any atom is -0.478 e. The summed E-state index contributed by atoms with van der Waals surface area (Å²) in [7, 11) is 0. The molecule has 0 aliphatic carbocycles. The van der Waals surface area contributed by atoms with Gasteiger partial charge in [0.2, 0.25) is 0 Å². The molecule has 0 amide bonds. The van der Waals surface area contributed by atoms with E-state index in [0.717, 1.165) is 31.5 Å². The molecule has 3 rings (SSSR count). The van der Waals surface area contributed by atoms with Crippen molar-refractivity contribution in [1.29, 1.82) is 0 Å². The number of halogens is 1. The van der Waals surface area contributed by atoms with E-state index < -0.39 is 5.97 Å². The fraction of sp³-hybridized carbons (Fsp3) is 0.429. The van der Waals surface area contributed by atoms with Gasteiger partial charge in [-0.2, -0.15) is 0 Å². The molecule has 2 aliphatic heterocycles. The number of hydrogen-bond acceptors (Lipinski definition) is 4. The molecule has 1 aromatic rings. The molecule has 1 fully saturated rings. The highest BCUT2D eigenvalue weighted by molar-refractivity contribution is 5.87. The van der Waals surface area contributed by atoms with Gasteiger partial charge < -0.3 is 15.3 Å². The lowest BCUT2D eigenvalue weighted by Crippen LogP contribution is -2.48. The van der Waals surface area contributed by atoms with Gasteiger partial charge in [-0.1, -0.05) is 17.3 Å². The third-order valence-corrected chi connectivity index (χ3v) is 4.01. The van der Waals surface area contributed by atoms with Crippen molar-refractivity contribution in [3.8, 4) is 0 Å². The first-order chi connectivity index (χ1) is 9.21. The molecule has 2 aliphatic rings. The molecule has 0 bridgehead atoms. The fourth-order valence-corrected chi connectivity index (χ4v) is 2.91. The Morgan fingerprint density at radius 3 is 2.75 bits per heavy atom. The van der Waals surface area contributed by atoms with E-state index in [1.165, 1.54) is 0 Å². The van der Waals surface area contributed by atoms with Crippen LogP contribution in [0.5, 0.6) is 0 Å². The Labute approximate surface area is 123 Å². The Morgan fingerprint density at radius 1 is 1.40 bits per heavy atom. The van der Waals surface area contributed by atoms with Gasteiger partial charge in [0, 0.05) is 31.5 Å². The highest BCUT2D eigenvalue weighted by Gasteiger charge is 2.45. The minimum atomic E-state index is -0.900. The van der Waals surface area contributed by atoms with Gasteiger partial charge in [0.15, 0.2) is 5.60 Å². The van der Waals surface area contributed by atoms with Crippen LogP contribution >= 0.6 is 12.4 Å². The zero-order valence-electron chi connectivity index (χ0n) is 10.9. The maximum Gasteiger partial charge on any atom is 0.335 e. The molecule has 108 valence electrons. The Balaban J connectivity index is 0.00000147. The van der Waals surface area contributed by atoms with Crippen molar-refractivity contribution in [1.82, 2.24) is 5.32 Å². The molecular formula is C14H17ClN2O3. The summed E-state index contributed by atoms with van der Waals surface area (Å²) in [5, 5.41) is 16.2. The highest BCUT2D eigenvalue weighted by atomic mass is 35.5. The topological polar surface area (TPSA) is 70.9 Å². The van der Waals surface area contributed by atoms with Crippen molar-refractivity contribution >= 4 is 24.6 Å². The van der Waals surface area contributed by atoms with E-state index in [2.05, 4.69) is 10.5 Å².